The fourth-order valence-electron chi connectivity index (χ4n) is 5.95. The number of amides is 3. The number of fused-ring (bicyclic) bond motifs is 1. The number of hydrogen-bond acceptors (Lipinski definition) is 5. The van der Waals surface area contributed by atoms with Crippen LogP contribution in [0.3, 0.4) is 0 Å². The number of aliphatic hydroxyl groups is 1. The first-order chi connectivity index (χ1) is 13.4. The molecule has 1 saturated carbocycles. The average Bonchev–Trinajstić information content (AvgIpc) is 3.34. The molecule has 4 rings (SSSR count). The summed E-state index contributed by atoms with van der Waals surface area (Å²) < 4.78 is -0.554. The zero-order chi connectivity index (χ0) is 20.1. The number of thioether (sulfide) groups is 1. The van der Waals surface area contributed by atoms with Crippen LogP contribution in [0.4, 0.5) is 0 Å². The Hall–Kier alpha value is -1.28. The Labute approximate surface area is 170 Å². The van der Waals surface area contributed by atoms with Gasteiger partial charge in [-0.2, -0.15) is 0 Å². The van der Waals surface area contributed by atoms with Crippen molar-refractivity contribution in [2.75, 3.05) is 13.7 Å². The first-order valence-corrected chi connectivity index (χ1v) is 11.5. The highest BCUT2D eigenvalue weighted by molar-refractivity contribution is 8.02. The summed E-state index contributed by atoms with van der Waals surface area (Å²) in [4.78, 5) is 41.1. The van der Waals surface area contributed by atoms with E-state index in [9.17, 15) is 19.5 Å². The van der Waals surface area contributed by atoms with Gasteiger partial charge in [-0.15, -0.1) is 11.8 Å². The van der Waals surface area contributed by atoms with Crippen LogP contribution in [0.2, 0.25) is 0 Å². The lowest BCUT2D eigenvalue weighted by Crippen LogP contribution is -2.57. The van der Waals surface area contributed by atoms with E-state index in [1.807, 2.05) is 0 Å². The van der Waals surface area contributed by atoms with E-state index in [1.54, 1.807) is 30.6 Å². The molecule has 0 aromatic rings. The van der Waals surface area contributed by atoms with Gasteiger partial charge in [0.1, 0.15) is 6.04 Å². The predicted octanol–water partition coefficient (Wildman–Crippen LogP) is 0.653. The maximum Gasteiger partial charge on any atom is 0.244 e. The molecular formula is C20H31N3O4S. The maximum absolute atomic E-state index is 13.5. The van der Waals surface area contributed by atoms with Gasteiger partial charge in [0.15, 0.2) is 0 Å². The molecule has 4 aliphatic rings. The Bertz CT molecular complexity index is 668. The fraction of sp³-hybridized carbons (Fsp3) is 0.850. The smallest absolute Gasteiger partial charge is 0.244 e. The predicted molar refractivity (Wildman–Crippen MR) is 107 cm³/mol. The summed E-state index contributed by atoms with van der Waals surface area (Å²) in [5.74, 6) is -1.23. The highest BCUT2D eigenvalue weighted by atomic mass is 32.2. The minimum atomic E-state index is -0.612. The summed E-state index contributed by atoms with van der Waals surface area (Å²) in [6, 6.07) is -0.894. The molecule has 1 aliphatic carbocycles. The van der Waals surface area contributed by atoms with E-state index in [2.05, 4.69) is 10.6 Å². The highest BCUT2D eigenvalue weighted by Gasteiger charge is 2.73. The van der Waals surface area contributed by atoms with Crippen LogP contribution < -0.4 is 10.6 Å². The van der Waals surface area contributed by atoms with Gasteiger partial charge in [-0.1, -0.05) is 19.3 Å². The molecule has 28 heavy (non-hydrogen) atoms. The van der Waals surface area contributed by atoms with Crippen LogP contribution in [-0.4, -0.2) is 69.5 Å². The van der Waals surface area contributed by atoms with Crippen LogP contribution in [0.25, 0.3) is 0 Å². The minimum absolute atomic E-state index is 0.0884. The molecule has 8 heteroatoms. The van der Waals surface area contributed by atoms with Crippen LogP contribution in [0.5, 0.6) is 0 Å². The normalized spacial score (nSPS) is 38.4. The molecule has 1 spiro atoms. The van der Waals surface area contributed by atoms with E-state index in [0.717, 1.165) is 38.5 Å². The molecule has 2 bridgehead atoms. The average molecular weight is 410 g/mol. The van der Waals surface area contributed by atoms with Gasteiger partial charge in [0.2, 0.25) is 17.7 Å². The van der Waals surface area contributed by atoms with Gasteiger partial charge >= 0.3 is 0 Å². The first kappa shape index (κ1) is 20.0. The Morgan fingerprint density at radius 2 is 1.96 bits per heavy atom. The molecule has 7 nitrogen and oxygen atoms in total. The van der Waals surface area contributed by atoms with Gasteiger partial charge in [0.25, 0.3) is 0 Å². The van der Waals surface area contributed by atoms with E-state index in [-0.39, 0.29) is 35.6 Å². The van der Waals surface area contributed by atoms with E-state index in [1.165, 1.54) is 6.42 Å². The SMILES string of the molecule is CNC(=O)[C@@H]1[C@H]2C(=O)N([C@H](C)CO)C(C(=O)NC3CCCCC3)C23CC[C@H]1S3. The van der Waals surface area contributed by atoms with Crippen molar-refractivity contribution in [1.29, 1.82) is 0 Å². The van der Waals surface area contributed by atoms with Gasteiger partial charge in [-0.3, -0.25) is 14.4 Å². The third-order valence-corrected chi connectivity index (χ3v) is 9.18. The molecule has 3 amide bonds. The van der Waals surface area contributed by atoms with Gasteiger partial charge < -0.3 is 20.6 Å². The van der Waals surface area contributed by atoms with Crippen molar-refractivity contribution in [1.82, 2.24) is 15.5 Å². The Morgan fingerprint density at radius 1 is 1.25 bits per heavy atom. The molecule has 0 radical (unpaired) electrons. The monoisotopic (exact) mass is 409 g/mol. The minimum Gasteiger partial charge on any atom is -0.394 e. The van der Waals surface area contributed by atoms with Crippen molar-refractivity contribution in [2.45, 2.75) is 80.0 Å². The van der Waals surface area contributed by atoms with Gasteiger partial charge in [0.05, 0.1) is 29.2 Å². The van der Waals surface area contributed by atoms with Crippen molar-refractivity contribution in [2.24, 2.45) is 11.8 Å². The second-order valence-electron chi connectivity index (χ2n) is 8.79. The molecule has 3 saturated heterocycles. The Balaban J connectivity index is 1.67. The standard InChI is InChI=1S/C20H31N3O4S/c1-11(10-24)23-16(18(26)22-12-6-4-3-5-7-12)20-9-8-13(28-20)14(17(25)21-2)15(20)19(23)27/h11-16,24H,3-10H2,1-2H3,(H,21,25)(H,22,26)/t11-,13-,14+,15+,16?,20?/m1/s1. The molecule has 3 N–H and O–H groups in total. The number of hydrogen-bond donors (Lipinski definition) is 3. The number of likely N-dealkylation sites (tertiary alicyclic amines) is 1. The number of nitrogens with zero attached hydrogens (tertiary/aromatic N) is 1. The van der Waals surface area contributed by atoms with Crippen molar-refractivity contribution in [3.8, 4) is 0 Å². The van der Waals surface area contributed by atoms with E-state index in [4.69, 9.17) is 0 Å². The molecule has 2 unspecified atom stereocenters. The number of rotatable bonds is 5. The Kier molecular flexibility index (Phi) is 5.37. The largest absolute Gasteiger partial charge is 0.394 e. The first-order valence-electron chi connectivity index (χ1n) is 10.6. The summed E-state index contributed by atoms with van der Waals surface area (Å²) in [5, 5.41) is 15.8. The van der Waals surface area contributed by atoms with E-state index in [0.29, 0.717) is 0 Å². The molecular weight excluding hydrogens is 378 g/mol. The van der Waals surface area contributed by atoms with Gasteiger partial charge in [-0.05, 0) is 32.6 Å². The summed E-state index contributed by atoms with van der Waals surface area (Å²) in [6.07, 6.45) is 7.03. The third kappa shape index (κ3) is 2.86. The number of carbonyl (C=O) groups excluding carboxylic acids is 3. The fourth-order valence-corrected chi connectivity index (χ4v) is 8.15. The summed E-state index contributed by atoms with van der Waals surface area (Å²) in [6.45, 7) is 1.59. The van der Waals surface area contributed by atoms with Crippen LogP contribution >= 0.6 is 11.8 Å². The topological polar surface area (TPSA) is 98.7 Å². The van der Waals surface area contributed by atoms with Crippen LogP contribution in [0, 0.1) is 11.8 Å². The van der Waals surface area contributed by atoms with E-state index < -0.39 is 28.7 Å². The molecule has 3 heterocycles. The van der Waals surface area contributed by atoms with Gasteiger partial charge in [0, 0.05) is 18.3 Å². The molecule has 0 aromatic carbocycles. The number of aliphatic hydroxyl groups excluding tert-OH is 1. The lowest BCUT2D eigenvalue weighted by molar-refractivity contribution is -0.142. The second kappa shape index (κ2) is 7.52. The molecule has 6 atom stereocenters. The second-order valence-corrected chi connectivity index (χ2v) is 10.4. The zero-order valence-corrected chi connectivity index (χ0v) is 17.5. The van der Waals surface area contributed by atoms with Crippen molar-refractivity contribution >= 4 is 29.5 Å². The van der Waals surface area contributed by atoms with Crippen molar-refractivity contribution < 1.29 is 19.5 Å². The third-order valence-electron chi connectivity index (χ3n) is 7.23. The van der Waals surface area contributed by atoms with Crippen LogP contribution in [-0.2, 0) is 14.4 Å². The van der Waals surface area contributed by atoms with Crippen LogP contribution in [0.15, 0.2) is 0 Å². The quantitative estimate of drug-likeness (QED) is 0.619. The lowest BCUT2D eigenvalue weighted by atomic mass is 9.70. The van der Waals surface area contributed by atoms with Crippen LogP contribution in [0.1, 0.15) is 51.9 Å². The lowest BCUT2D eigenvalue weighted by Gasteiger charge is -2.37. The van der Waals surface area contributed by atoms with E-state index >= 15 is 0 Å². The summed E-state index contributed by atoms with van der Waals surface area (Å²) in [5.41, 5.74) is 0. The molecule has 3 aliphatic heterocycles. The number of carbonyl (C=O) groups is 3. The van der Waals surface area contributed by atoms with Gasteiger partial charge in [-0.25, -0.2) is 0 Å². The van der Waals surface area contributed by atoms with Crippen molar-refractivity contribution in [3.63, 3.8) is 0 Å². The molecule has 4 fully saturated rings. The maximum atomic E-state index is 13.5. The summed E-state index contributed by atoms with van der Waals surface area (Å²) >= 11 is 1.67. The molecule has 156 valence electrons. The zero-order valence-electron chi connectivity index (χ0n) is 16.6. The molecule has 0 aromatic heterocycles. The Morgan fingerprint density at radius 3 is 2.61 bits per heavy atom. The summed E-state index contributed by atoms with van der Waals surface area (Å²) in [7, 11) is 1.60. The highest BCUT2D eigenvalue weighted by Crippen LogP contribution is 2.66. The van der Waals surface area contributed by atoms with Crippen molar-refractivity contribution in [3.05, 3.63) is 0 Å². The number of nitrogens with one attached hydrogen (secondary N) is 2.